The van der Waals surface area contributed by atoms with Gasteiger partial charge in [-0.15, -0.1) is 0 Å². The predicted molar refractivity (Wildman–Crippen MR) is 545 cm³/mol. The third-order valence-electron chi connectivity index (χ3n) is 27.4. The average molecular weight is 1870 g/mol. The number of carbonyl (C=O) groups excluding carboxylic acids is 5. The largest absolute Gasteiger partial charge is 0.383 e. The van der Waals surface area contributed by atoms with Gasteiger partial charge in [0.25, 0.3) is 34.4 Å². The van der Waals surface area contributed by atoms with Crippen LogP contribution in [0.4, 0.5) is 17.1 Å². The molecule has 3 aromatic carbocycles. The maximum Gasteiger partial charge on any atom is 0.253 e. The number of H-pyrrole nitrogens is 3. The van der Waals surface area contributed by atoms with E-state index in [0.717, 1.165) is 273 Å². The summed E-state index contributed by atoms with van der Waals surface area (Å²) in [6, 6.07) is 20.4. The molecule has 6 aromatic rings. The predicted octanol–water partition coefficient (Wildman–Crippen LogP) is 11.7. The molecule has 3 saturated carbocycles. The number of nitrogens with one attached hydrogen (secondary N) is 7. The molecule has 7 N–H and O–H groups in total. The number of nitrogens with zero attached hydrogens (tertiary/aromatic N) is 8. The molecule has 6 fully saturated rings. The number of pyridine rings is 3. The van der Waals surface area contributed by atoms with E-state index in [9.17, 15) is 38.4 Å². The second-order valence-corrected chi connectivity index (χ2v) is 38.4. The van der Waals surface area contributed by atoms with Crippen molar-refractivity contribution >= 4 is 47.0 Å². The van der Waals surface area contributed by atoms with Crippen LogP contribution in [0.25, 0.3) is 0 Å². The number of ether oxygens (including phenoxy) is 5. The molecular weight excluding hydrogens is 1720 g/mol. The lowest BCUT2D eigenvalue weighted by Gasteiger charge is -2.41. The molecule has 0 spiro atoms. The van der Waals surface area contributed by atoms with Crippen LogP contribution in [0.2, 0.25) is 0 Å². The summed E-state index contributed by atoms with van der Waals surface area (Å²) in [4.78, 5) is 128. The number of methoxy groups -OCH3 is 2. The maximum atomic E-state index is 13.8. The summed E-state index contributed by atoms with van der Waals surface area (Å²) in [6.45, 7) is 46.7. The van der Waals surface area contributed by atoms with Gasteiger partial charge in [-0.25, -0.2) is 0 Å². The molecule has 6 heterocycles. The minimum absolute atomic E-state index is 0.0339. The lowest BCUT2D eigenvalue weighted by molar-refractivity contribution is -0.134. The van der Waals surface area contributed by atoms with Gasteiger partial charge in [-0.05, 0) is 268 Å². The number of rotatable bonds is 30. The van der Waals surface area contributed by atoms with Crippen molar-refractivity contribution in [1.29, 1.82) is 0 Å². The number of carbonyl (C=O) groups is 5. The molecule has 136 heavy (non-hydrogen) atoms. The fraction of sp³-hybridized carbons (Fsp3) is 0.593. The summed E-state index contributed by atoms with van der Waals surface area (Å²) in [5, 5.41) is 12.5. The van der Waals surface area contributed by atoms with Crippen LogP contribution in [0.15, 0.2) is 69.0 Å². The molecule has 0 atom stereocenters. The second kappa shape index (κ2) is 54.8. The van der Waals surface area contributed by atoms with Gasteiger partial charge in [-0.2, -0.15) is 0 Å². The maximum absolute atomic E-state index is 13.8. The van der Waals surface area contributed by atoms with Gasteiger partial charge < -0.3 is 89.2 Å². The van der Waals surface area contributed by atoms with Crippen molar-refractivity contribution in [3.8, 4) is 35.5 Å². The summed E-state index contributed by atoms with van der Waals surface area (Å²) >= 11 is 0. The highest BCUT2D eigenvalue weighted by molar-refractivity contribution is 5.99. The number of aromatic amines is 3. The highest BCUT2D eigenvalue weighted by atomic mass is 16.5. The van der Waals surface area contributed by atoms with Gasteiger partial charge in [0.1, 0.15) is 12.9 Å². The fourth-order valence-corrected chi connectivity index (χ4v) is 19.4. The zero-order chi connectivity index (χ0) is 98.7. The third kappa shape index (κ3) is 32.4. The number of aldehydes is 1. The Balaban J connectivity index is 0.000000223. The van der Waals surface area contributed by atoms with Crippen LogP contribution in [-0.2, 0) is 52.9 Å². The van der Waals surface area contributed by atoms with Crippen LogP contribution in [0.3, 0.4) is 0 Å². The van der Waals surface area contributed by atoms with Gasteiger partial charge in [-0.3, -0.25) is 48.3 Å². The Kier molecular flexibility index (Phi) is 44.1. The molecular formula is C108H157N15O13. The first-order valence-corrected chi connectivity index (χ1v) is 49.3. The molecule has 3 aliphatic heterocycles. The van der Waals surface area contributed by atoms with Gasteiger partial charge in [0.2, 0.25) is 5.91 Å². The Hall–Kier alpha value is -10.3. The summed E-state index contributed by atoms with van der Waals surface area (Å²) in [7, 11) is 9.43. The Morgan fingerprint density at radius 2 is 0.765 bits per heavy atom. The van der Waals surface area contributed by atoms with Crippen molar-refractivity contribution in [3.63, 3.8) is 0 Å². The monoisotopic (exact) mass is 1870 g/mol. The normalized spacial score (nSPS) is 18.6. The molecule has 0 bridgehead atoms. The summed E-state index contributed by atoms with van der Waals surface area (Å²) < 4.78 is 26.0. The van der Waals surface area contributed by atoms with Crippen LogP contribution >= 0.6 is 0 Å². The molecule has 28 heteroatoms. The van der Waals surface area contributed by atoms with E-state index < -0.39 is 0 Å². The molecule has 0 unspecified atom stereocenters. The lowest BCUT2D eigenvalue weighted by atomic mass is 9.87. The topological polar surface area (TPSA) is 304 Å². The number of morpholine rings is 3. The first kappa shape index (κ1) is 109. The Morgan fingerprint density at radius 1 is 0.456 bits per heavy atom. The number of aromatic nitrogens is 3. The van der Waals surface area contributed by atoms with Crippen molar-refractivity contribution in [1.82, 2.24) is 60.7 Å². The van der Waals surface area contributed by atoms with E-state index in [1.54, 1.807) is 7.11 Å². The zero-order valence-corrected chi connectivity index (χ0v) is 85.3. The summed E-state index contributed by atoms with van der Waals surface area (Å²) in [6.07, 6.45) is 14.1. The zero-order valence-electron chi connectivity index (χ0n) is 85.3. The first-order chi connectivity index (χ1) is 65.2. The number of anilines is 3. The Morgan fingerprint density at radius 3 is 1.04 bits per heavy atom. The Bertz CT molecular complexity index is 5330. The summed E-state index contributed by atoms with van der Waals surface area (Å²) in [5.74, 6) is 19.7. The van der Waals surface area contributed by atoms with Crippen molar-refractivity contribution in [2.45, 2.75) is 243 Å². The van der Waals surface area contributed by atoms with Crippen LogP contribution < -0.4 is 52.6 Å². The smallest absolute Gasteiger partial charge is 0.253 e. The van der Waals surface area contributed by atoms with Gasteiger partial charge >= 0.3 is 0 Å². The van der Waals surface area contributed by atoms with E-state index in [1.165, 1.54) is 7.11 Å². The highest BCUT2D eigenvalue weighted by Gasteiger charge is 2.35. The molecule has 4 amide bonds. The van der Waals surface area contributed by atoms with E-state index >= 15 is 0 Å². The average Bonchev–Trinajstić information content (AvgIpc) is 0.776. The molecule has 3 aromatic heterocycles. The Labute approximate surface area is 809 Å². The quantitative estimate of drug-likeness (QED) is 0.0163. The van der Waals surface area contributed by atoms with Crippen LogP contribution in [0.5, 0.6) is 0 Å². The minimum atomic E-state index is -0.223. The van der Waals surface area contributed by atoms with Crippen LogP contribution in [0.1, 0.15) is 240 Å². The molecule has 742 valence electrons. The van der Waals surface area contributed by atoms with Gasteiger partial charge in [-0.1, -0.05) is 56.3 Å². The third-order valence-corrected chi connectivity index (χ3v) is 27.4. The van der Waals surface area contributed by atoms with Crippen LogP contribution in [-0.4, -0.2) is 279 Å². The van der Waals surface area contributed by atoms with E-state index in [1.807, 2.05) is 118 Å². The van der Waals surface area contributed by atoms with Gasteiger partial charge in [0, 0.05) is 233 Å². The van der Waals surface area contributed by atoms with Gasteiger partial charge in [0.15, 0.2) is 0 Å². The van der Waals surface area contributed by atoms with Crippen molar-refractivity contribution in [3.05, 3.63) is 186 Å². The first-order valence-electron chi connectivity index (χ1n) is 49.3. The number of benzene rings is 3. The summed E-state index contributed by atoms with van der Waals surface area (Å²) in [5.41, 5.74) is 16.4. The van der Waals surface area contributed by atoms with Crippen molar-refractivity contribution < 1.29 is 47.7 Å². The number of amides is 4. The number of hydrogen-bond acceptors (Lipinski definition) is 21. The molecule has 3 aliphatic carbocycles. The van der Waals surface area contributed by atoms with E-state index in [0.29, 0.717) is 95.9 Å². The number of hydrogen-bond donors (Lipinski definition) is 7. The van der Waals surface area contributed by atoms with E-state index in [2.05, 4.69) is 178 Å². The van der Waals surface area contributed by atoms with E-state index in [-0.39, 0.29) is 78.0 Å². The number of likely N-dealkylation sites (N-methyl/N-ethyl adjacent to an activating group) is 1. The van der Waals surface area contributed by atoms with Gasteiger partial charge in [0.05, 0.1) is 65.9 Å². The molecule has 6 aliphatic rings. The molecule has 0 radical (unpaired) electrons. The standard InChI is InChI=1S/C38H55N5O4.C35H51N5O4.C32H45N5O3.C3H6O2/c1-9-43(31-14-12-30(13-15-31)41(8)35(44)24-38(5,6)7)34-23-29(11-10-16-42-17-19-47-20-18-42)22-32(28(34)4)36(45)39-25-33-26(2)21-27(3)40-37(33)46;1-7-40(30-12-10-29(11-13-30)38(5)15-18-43-6)33-23-28(9-8-14-39-16-19-44-20-17-39)22-31(27(33)4)34(41)36-24-32-25(2)21-26(3)37-35(32)42;1-6-37(27-11-9-26(33-5)10-12-27)30-20-25(8-7-13-36-14-16-40-17-15-36)19-28(24(30)4)31(38)34-21-29-22(2)18-23(3)35-32(29)39;1-5-3-2-4/h21-23,30-31H,9,12-20,24-25H2,1-8H3,(H,39,45)(H,40,46);21-23,29-30H,7,10-20,24H2,1-6H3,(H,36,41)(H,37,42);18-20,26-27,33H,6,9-17,21H2,1-5H3,(H,34,38)(H,35,39);2H,3H2,1H3. The second-order valence-electron chi connectivity index (χ2n) is 38.4. The van der Waals surface area contributed by atoms with E-state index in [4.69, 9.17) is 18.9 Å². The lowest BCUT2D eigenvalue weighted by Crippen LogP contribution is -2.45. The van der Waals surface area contributed by atoms with Crippen molar-refractivity contribution in [2.75, 3.05) is 188 Å². The SMILES string of the molecule is CCN(c1cc(C#CCN2CCOCC2)cc(C(=O)NCc2c(C)cc(C)[nH]c2=O)c1C)C1CCC(N(C)C(=O)CC(C)(C)C)CC1.CCN(c1cc(C#CCN2CCOCC2)cc(C(=O)NCc2c(C)cc(C)[nH]c2=O)c1C)C1CCC(N(C)CCOC)CC1.CCN(c1cc(C#CCN2CCOCC2)cc(C(=O)NCc2c(C)cc(C)[nH]c2=O)c1C)C1CCC(NC)CC1.COCC=O. The van der Waals surface area contributed by atoms with Crippen molar-refractivity contribution in [2.24, 2.45) is 5.41 Å². The molecule has 3 saturated heterocycles. The fourth-order valence-electron chi connectivity index (χ4n) is 19.4. The van der Waals surface area contributed by atoms with Crippen LogP contribution in [0, 0.1) is 103 Å². The molecule has 12 rings (SSSR count). The minimum Gasteiger partial charge on any atom is -0.383 e. The highest BCUT2D eigenvalue weighted by Crippen LogP contribution is 2.38. The molecule has 28 nitrogen and oxygen atoms in total. The number of aryl methyl sites for hydroxylation is 6.